The highest BCUT2D eigenvalue weighted by atomic mass is 32.1. The van der Waals surface area contributed by atoms with Crippen molar-refractivity contribution in [2.75, 3.05) is 26.0 Å². The Morgan fingerprint density at radius 2 is 1.93 bits per heavy atom. The van der Waals surface area contributed by atoms with E-state index in [9.17, 15) is 0 Å². The van der Waals surface area contributed by atoms with Crippen LogP contribution in [0.1, 0.15) is 12.5 Å². The third kappa shape index (κ3) is 4.58. The number of rotatable bonds is 6. The zero-order valence-corrected chi connectivity index (χ0v) is 10.3. The quantitative estimate of drug-likeness (QED) is 0.747. The van der Waals surface area contributed by atoms with Gasteiger partial charge in [-0.15, -0.1) is 0 Å². The van der Waals surface area contributed by atoms with E-state index in [1.165, 1.54) is 5.56 Å². The van der Waals surface area contributed by atoms with Gasteiger partial charge in [-0.25, -0.2) is 0 Å². The largest absolute Gasteiger partial charge is 0.494 e. The van der Waals surface area contributed by atoms with Gasteiger partial charge in [-0.05, 0) is 31.7 Å². The molecule has 0 radical (unpaired) electrons. The number of benzene rings is 1. The molecule has 0 spiro atoms. The fourth-order valence-electron chi connectivity index (χ4n) is 1.42. The monoisotopic (exact) mass is 225 g/mol. The van der Waals surface area contributed by atoms with Crippen LogP contribution < -0.4 is 4.74 Å². The lowest BCUT2D eigenvalue weighted by Crippen LogP contribution is -2.19. The SMILES string of the molecule is CCOc1ccc(CN(C)CCS)cc1. The minimum atomic E-state index is 0.721. The molecule has 0 saturated heterocycles. The van der Waals surface area contributed by atoms with E-state index in [0.29, 0.717) is 0 Å². The predicted molar refractivity (Wildman–Crippen MR) is 67.8 cm³/mol. The molecule has 84 valence electrons. The molecular formula is C12H19NOS. The first-order chi connectivity index (χ1) is 7.26. The van der Waals surface area contributed by atoms with Crippen molar-refractivity contribution >= 4 is 12.6 Å². The van der Waals surface area contributed by atoms with Gasteiger partial charge in [0.15, 0.2) is 0 Å². The summed E-state index contributed by atoms with van der Waals surface area (Å²) in [4.78, 5) is 2.25. The molecule has 0 atom stereocenters. The highest BCUT2D eigenvalue weighted by molar-refractivity contribution is 7.80. The van der Waals surface area contributed by atoms with E-state index in [4.69, 9.17) is 4.74 Å². The summed E-state index contributed by atoms with van der Waals surface area (Å²) in [5.41, 5.74) is 1.31. The van der Waals surface area contributed by atoms with Crippen LogP contribution in [0.4, 0.5) is 0 Å². The first-order valence-electron chi connectivity index (χ1n) is 5.27. The Hall–Kier alpha value is -0.670. The lowest BCUT2D eigenvalue weighted by molar-refractivity contribution is 0.337. The van der Waals surface area contributed by atoms with E-state index in [2.05, 4.69) is 36.7 Å². The lowest BCUT2D eigenvalue weighted by atomic mass is 10.2. The van der Waals surface area contributed by atoms with Gasteiger partial charge in [0.05, 0.1) is 6.61 Å². The Bertz CT molecular complexity index is 273. The van der Waals surface area contributed by atoms with Gasteiger partial charge in [-0.3, -0.25) is 0 Å². The zero-order valence-electron chi connectivity index (χ0n) is 9.44. The molecule has 1 rings (SSSR count). The van der Waals surface area contributed by atoms with Crippen LogP contribution in [-0.4, -0.2) is 30.9 Å². The molecule has 2 nitrogen and oxygen atoms in total. The van der Waals surface area contributed by atoms with Gasteiger partial charge >= 0.3 is 0 Å². The van der Waals surface area contributed by atoms with Gasteiger partial charge in [-0.2, -0.15) is 12.6 Å². The highest BCUT2D eigenvalue weighted by Crippen LogP contribution is 2.13. The molecule has 0 aliphatic carbocycles. The molecule has 1 aromatic rings. The number of ether oxygens (including phenoxy) is 1. The summed E-state index contributed by atoms with van der Waals surface area (Å²) >= 11 is 4.21. The third-order valence-electron chi connectivity index (χ3n) is 2.17. The van der Waals surface area contributed by atoms with Crippen LogP contribution in [0.5, 0.6) is 5.75 Å². The van der Waals surface area contributed by atoms with Gasteiger partial charge < -0.3 is 9.64 Å². The summed E-state index contributed by atoms with van der Waals surface area (Å²) in [6.07, 6.45) is 0. The number of thiol groups is 1. The van der Waals surface area contributed by atoms with E-state index in [-0.39, 0.29) is 0 Å². The van der Waals surface area contributed by atoms with Crippen LogP contribution in [0.2, 0.25) is 0 Å². The molecule has 0 aliphatic heterocycles. The molecule has 0 heterocycles. The van der Waals surface area contributed by atoms with Gasteiger partial charge in [0.2, 0.25) is 0 Å². The van der Waals surface area contributed by atoms with E-state index in [1.54, 1.807) is 0 Å². The van der Waals surface area contributed by atoms with Crippen molar-refractivity contribution in [3.63, 3.8) is 0 Å². The van der Waals surface area contributed by atoms with E-state index < -0.39 is 0 Å². The van der Waals surface area contributed by atoms with Crippen LogP contribution in [0.15, 0.2) is 24.3 Å². The second kappa shape index (κ2) is 6.75. The minimum Gasteiger partial charge on any atom is -0.494 e. The van der Waals surface area contributed by atoms with Crippen molar-refractivity contribution in [1.82, 2.24) is 4.90 Å². The van der Waals surface area contributed by atoms with Crippen molar-refractivity contribution in [1.29, 1.82) is 0 Å². The van der Waals surface area contributed by atoms with Crippen molar-refractivity contribution in [2.45, 2.75) is 13.5 Å². The fraction of sp³-hybridized carbons (Fsp3) is 0.500. The standard InChI is InChI=1S/C12H19NOS/c1-3-14-12-6-4-11(5-7-12)10-13(2)8-9-15/h4-7,15H,3,8-10H2,1-2H3. The van der Waals surface area contributed by atoms with Gasteiger partial charge in [0, 0.05) is 18.8 Å². The number of hydrogen-bond donors (Lipinski definition) is 1. The van der Waals surface area contributed by atoms with Crippen LogP contribution in [0.25, 0.3) is 0 Å². The summed E-state index contributed by atoms with van der Waals surface area (Å²) in [7, 11) is 2.10. The molecule has 0 amide bonds. The van der Waals surface area contributed by atoms with Crippen molar-refractivity contribution < 1.29 is 4.74 Å². The summed E-state index contributed by atoms with van der Waals surface area (Å²) in [5.74, 6) is 1.84. The Morgan fingerprint density at radius 3 is 2.47 bits per heavy atom. The first-order valence-corrected chi connectivity index (χ1v) is 5.90. The molecule has 3 heteroatoms. The molecule has 0 saturated carbocycles. The second-order valence-electron chi connectivity index (χ2n) is 3.54. The van der Waals surface area contributed by atoms with E-state index >= 15 is 0 Å². The molecule has 0 N–H and O–H groups in total. The van der Waals surface area contributed by atoms with E-state index in [1.807, 2.05) is 19.1 Å². The van der Waals surface area contributed by atoms with Crippen LogP contribution in [-0.2, 0) is 6.54 Å². The number of nitrogens with zero attached hydrogens (tertiary/aromatic N) is 1. The van der Waals surface area contributed by atoms with Crippen LogP contribution >= 0.6 is 12.6 Å². The normalized spacial score (nSPS) is 10.7. The average molecular weight is 225 g/mol. The van der Waals surface area contributed by atoms with Gasteiger partial charge in [-0.1, -0.05) is 12.1 Å². The maximum absolute atomic E-state index is 5.39. The highest BCUT2D eigenvalue weighted by Gasteiger charge is 1.99. The van der Waals surface area contributed by atoms with Crippen LogP contribution in [0.3, 0.4) is 0 Å². The molecular weight excluding hydrogens is 206 g/mol. The van der Waals surface area contributed by atoms with Crippen LogP contribution in [0, 0.1) is 0 Å². The zero-order chi connectivity index (χ0) is 11.1. The van der Waals surface area contributed by atoms with E-state index in [0.717, 1.165) is 31.2 Å². The summed E-state index contributed by atoms with van der Waals surface area (Å²) in [5, 5.41) is 0. The smallest absolute Gasteiger partial charge is 0.119 e. The average Bonchev–Trinajstić information content (AvgIpc) is 2.22. The maximum atomic E-state index is 5.39. The summed E-state index contributed by atoms with van der Waals surface area (Å²) < 4.78 is 5.39. The topological polar surface area (TPSA) is 12.5 Å². The molecule has 0 aromatic heterocycles. The molecule has 0 aliphatic rings. The first kappa shape index (κ1) is 12.4. The predicted octanol–water partition coefficient (Wildman–Crippen LogP) is 2.45. The summed E-state index contributed by atoms with van der Waals surface area (Å²) in [6, 6.07) is 8.26. The Kier molecular flexibility index (Phi) is 5.58. The number of hydrogen-bond acceptors (Lipinski definition) is 3. The fourth-order valence-corrected chi connectivity index (χ4v) is 1.76. The Labute approximate surface area is 97.6 Å². The second-order valence-corrected chi connectivity index (χ2v) is 3.99. The maximum Gasteiger partial charge on any atom is 0.119 e. The molecule has 1 aromatic carbocycles. The summed E-state index contributed by atoms with van der Waals surface area (Å²) in [6.45, 7) is 4.69. The Morgan fingerprint density at radius 1 is 1.27 bits per heavy atom. The molecule has 0 bridgehead atoms. The van der Waals surface area contributed by atoms with Crippen molar-refractivity contribution in [2.24, 2.45) is 0 Å². The molecule has 0 unspecified atom stereocenters. The molecule has 15 heavy (non-hydrogen) atoms. The van der Waals surface area contributed by atoms with Crippen molar-refractivity contribution in [3.8, 4) is 5.75 Å². The lowest BCUT2D eigenvalue weighted by Gasteiger charge is -2.15. The Balaban J connectivity index is 2.48. The van der Waals surface area contributed by atoms with Crippen molar-refractivity contribution in [3.05, 3.63) is 29.8 Å². The minimum absolute atomic E-state index is 0.721. The molecule has 0 fully saturated rings. The van der Waals surface area contributed by atoms with Gasteiger partial charge in [0.25, 0.3) is 0 Å². The van der Waals surface area contributed by atoms with Gasteiger partial charge in [0.1, 0.15) is 5.75 Å². The third-order valence-corrected chi connectivity index (χ3v) is 2.37.